The molecule has 3 nitrogen and oxygen atoms in total. The highest BCUT2D eigenvalue weighted by atomic mass is 35.5. The maximum absolute atomic E-state index is 6.35. The Labute approximate surface area is 131 Å². The second-order valence-corrected chi connectivity index (χ2v) is 4.97. The van der Waals surface area contributed by atoms with Gasteiger partial charge in [0.25, 0.3) is 0 Å². The number of rotatable bonds is 10. The summed E-state index contributed by atoms with van der Waals surface area (Å²) in [6, 6.07) is 5.93. The van der Waals surface area contributed by atoms with Crippen molar-refractivity contribution in [2.24, 2.45) is 0 Å². The lowest BCUT2D eigenvalue weighted by Gasteiger charge is -2.26. The molecule has 0 aliphatic rings. The molecule has 0 fully saturated rings. The van der Waals surface area contributed by atoms with Gasteiger partial charge in [0.05, 0.1) is 23.9 Å². The summed E-state index contributed by atoms with van der Waals surface area (Å²) in [6.45, 7) is 8.37. The molecule has 1 aromatic carbocycles. The highest BCUT2D eigenvalue weighted by molar-refractivity contribution is 6.33. The van der Waals surface area contributed by atoms with Gasteiger partial charge >= 0.3 is 0 Å². The Morgan fingerprint density at radius 1 is 1.05 bits per heavy atom. The van der Waals surface area contributed by atoms with Crippen molar-refractivity contribution in [3.63, 3.8) is 0 Å². The van der Waals surface area contributed by atoms with Crippen LogP contribution < -0.4 is 4.90 Å². The normalized spacial score (nSPS) is 10.8. The molecule has 0 radical (unpaired) electrons. The van der Waals surface area contributed by atoms with E-state index in [0.717, 1.165) is 42.6 Å². The summed E-state index contributed by atoms with van der Waals surface area (Å²) in [4.78, 5) is 2.19. The largest absolute Gasteiger partial charge is 0.380 e. The molecule has 0 heterocycles. The molecule has 0 unspecified atom stereocenters. The summed E-state index contributed by atoms with van der Waals surface area (Å²) in [5.74, 6) is 0.470. The zero-order valence-electron chi connectivity index (χ0n) is 12.2. The molecule has 20 heavy (non-hydrogen) atoms. The molecule has 1 aromatic rings. The fourth-order valence-corrected chi connectivity index (χ4v) is 2.37. The van der Waals surface area contributed by atoms with Crippen LogP contribution in [0.2, 0.25) is 5.02 Å². The van der Waals surface area contributed by atoms with Crippen LogP contribution in [-0.4, -0.2) is 39.5 Å². The molecule has 0 atom stereocenters. The topological polar surface area (TPSA) is 21.7 Å². The fraction of sp³-hybridized carbons (Fsp3) is 0.600. The summed E-state index contributed by atoms with van der Waals surface area (Å²) in [5, 5.41) is 0.719. The monoisotopic (exact) mass is 319 g/mol. The van der Waals surface area contributed by atoms with Crippen LogP contribution in [0.25, 0.3) is 0 Å². The second kappa shape index (κ2) is 10.3. The van der Waals surface area contributed by atoms with Crippen molar-refractivity contribution in [3.05, 3.63) is 28.8 Å². The minimum atomic E-state index is 0.470. The Bertz CT molecular complexity index is 378. The average molecular weight is 320 g/mol. The van der Waals surface area contributed by atoms with E-state index < -0.39 is 0 Å². The maximum Gasteiger partial charge on any atom is 0.0642 e. The van der Waals surface area contributed by atoms with Crippen LogP contribution in [0.4, 0.5) is 5.69 Å². The summed E-state index contributed by atoms with van der Waals surface area (Å²) < 4.78 is 10.9. The van der Waals surface area contributed by atoms with E-state index in [1.165, 1.54) is 0 Å². The first-order valence-corrected chi connectivity index (χ1v) is 7.89. The Hall–Kier alpha value is -0.480. The molecular formula is C15H23Cl2NO2. The van der Waals surface area contributed by atoms with Crippen molar-refractivity contribution < 1.29 is 9.47 Å². The van der Waals surface area contributed by atoms with Crippen molar-refractivity contribution >= 4 is 28.9 Å². The molecule has 0 N–H and O–H groups in total. The zero-order chi connectivity index (χ0) is 14.8. The molecule has 0 amide bonds. The van der Waals surface area contributed by atoms with Crippen molar-refractivity contribution in [2.45, 2.75) is 19.7 Å². The predicted octanol–water partition coefficient (Wildman–Crippen LogP) is 3.96. The third-order valence-corrected chi connectivity index (χ3v) is 3.54. The Morgan fingerprint density at radius 2 is 1.65 bits per heavy atom. The number of anilines is 1. The highest BCUT2D eigenvalue weighted by Crippen LogP contribution is 2.27. The van der Waals surface area contributed by atoms with Crippen LogP contribution in [0.5, 0.6) is 0 Å². The first-order chi connectivity index (χ1) is 9.72. The van der Waals surface area contributed by atoms with Gasteiger partial charge in [0.15, 0.2) is 0 Å². The highest BCUT2D eigenvalue weighted by Gasteiger charge is 2.11. The van der Waals surface area contributed by atoms with Gasteiger partial charge in [-0.05, 0) is 31.5 Å². The van der Waals surface area contributed by atoms with E-state index in [1.807, 2.05) is 32.0 Å². The fourth-order valence-electron chi connectivity index (χ4n) is 1.88. The van der Waals surface area contributed by atoms with Gasteiger partial charge in [-0.15, -0.1) is 11.6 Å². The number of hydrogen-bond acceptors (Lipinski definition) is 3. The van der Waals surface area contributed by atoms with Gasteiger partial charge in [-0.3, -0.25) is 0 Å². The average Bonchev–Trinajstić information content (AvgIpc) is 2.46. The number of benzene rings is 1. The minimum Gasteiger partial charge on any atom is -0.380 e. The van der Waals surface area contributed by atoms with Crippen molar-refractivity contribution in [1.82, 2.24) is 0 Å². The minimum absolute atomic E-state index is 0.470. The predicted molar refractivity (Wildman–Crippen MR) is 86.2 cm³/mol. The quantitative estimate of drug-likeness (QED) is 0.481. The van der Waals surface area contributed by atoms with Gasteiger partial charge in [-0.1, -0.05) is 17.7 Å². The molecule has 0 saturated carbocycles. The number of alkyl halides is 1. The third kappa shape index (κ3) is 5.88. The molecule has 0 spiro atoms. The lowest BCUT2D eigenvalue weighted by Crippen LogP contribution is -2.31. The summed E-state index contributed by atoms with van der Waals surface area (Å²) in [7, 11) is 0. The summed E-state index contributed by atoms with van der Waals surface area (Å²) >= 11 is 12.2. The van der Waals surface area contributed by atoms with Gasteiger partial charge in [0, 0.05) is 32.2 Å². The van der Waals surface area contributed by atoms with Gasteiger partial charge < -0.3 is 14.4 Å². The van der Waals surface area contributed by atoms with E-state index in [1.54, 1.807) is 0 Å². The Morgan fingerprint density at radius 3 is 2.10 bits per heavy atom. The van der Waals surface area contributed by atoms with Crippen molar-refractivity contribution in [2.75, 3.05) is 44.4 Å². The molecule has 114 valence electrons. The van der Waals surface area contributed by atoms with Crippen LogP contribution in [0.1, 0.15) is 19.4 Å². The van der Waals surface area contributed by atoms with E-state index in [0.29, 0.717) is 19.1 Å². The third-order valence-electron chi connectivity index (χ3n) is 2.93. The molecule has 0 saturated heterocycles. The molecule has 0 aliphatic carbocycles. The molecule has 1 rings (SSSR count). The van der Waals surface area contributed by atoms with Crippen molar-refractivity contribution in [1.29, 1.82) is 0 Å². The van der Waals surface area contributed by atoms with E-state index in [2.05, 4.69) is 4.90 Å². The van der Waals surface area contributed by atoms with E-state index in [9.17, 15) is 0 Å². The van der Waals surface area contributed by atoms with Gasteiger partial charge in [-0.25, -0.2) is 0 Å². The summed E-state index contributed by atoms with van der Waals surface area (Å²) in [5.41, 5.74) is 2.02. The lowest BCUT2D eigenvalue weighted by molar-refractivity contribution is 0.141. The molecule has 0 bridgehead atoms. The van der Waals surface area contributed by atoms with Gasteiger partial charge in [0.2, 0.25) is 0 Å². The second-order valence-electron chi connectivity index (χ2n) is 4.30. The standard InChI is InChI=1S/C15H23Cl2NO2/c1-3-19-9-7-18(8-10-20-4-2)15-6-5-13(12-16)11-14(15)17/h5-6,11H,3-4,7-10,12H2,1-2H3. The van der Waals surface area contributed by atoms with Gasteiger partial charge in [-0.2, -0.15) is 0 Å². The molecular weight excluding hydrogens is 297 g/mol. The van der Waals surface area contributed by atoms with Crippen LogP contribution in [0.15, 0.2) is 18.2 Å². The molecule has 0 aromatic heterocycles. The lowest BCUT2D eigenvalue weighted by atomic mass is 10.2. The Balaban J connectivity index is 2.73. The number of nitrogens with zero attached hydrogens (tertiary/aromatic N) is 1. The van der Waals surface area contributed by atoms with Crippen LogP contribution >= 0.6 is 23.2 Å². The van der Waals surface area contributed by atoms with Gasteiger partial charge in [0.1, 0.15) is 0 Å². The van der Waals surface area contributed by atoms with Crippen LogP contribution in [0.3, 0.4) is 0 Å². The first-order valence-electron chi connectivity index (χ1n) is 6.97. The number of halogens is 2. The van der Waals surface area contributed by atoms with Crippen LogP contribution in [0, 0.1) is 0 Å². The number of hydrogen-bond donors (Lipinski definition) is 0. The maximum atomic E-state index is 6.35. The van der Waals surface area contributed by atoms with Crippen LogP contribution in [-0.2, 0) is 15.4 Å². The Kier molecular flexibility index (Phi) is 9.03. The SMILES string of the molecule is CCOCCN(CCOCC)c1ccc(CCl)cc1Cl. The van der Waals surface area contributed by atoms with E-state index in [4.69, 9.17) is 32.7 Å². The molecule has 5 heteroatoms. The van der Waals surface area contributed by atoms with Crippen molar-refractivity contribution in [3.8, 4) is 0 Å². The zero-order valence-corrected chi connectivity index (χ0v) is 13.7. The number of ether oxygens (including phenoxy) is 2. The smallest absolute Gasteiger partial charge is 0.0642 e. The van der Waals surface area contributed by atoms with E-state index >= 15 is 0 Å². The molecule has 0 aliphatic heterocycles. The van der Waals surface area contributed by atoms with E-state index in [-0.39, 0.29) is 0 Å². The first kappa shape index (κ1) is 17.6. The summed E-state index contributed by atoms with van der Waals surface area (Å²) in [6.07, 6.45) is 0.